The summed E-state index contributed by atoms with van der Waals surface area (Å²) in [6.45, 7) is 3.50. The Kier molecular flexibility index (Phi) is 5.53. The van der Waals surface area contributed by atoms with E-state index in [2.05, 4.69) is 10.6 Å². The first-order valence-electron chi connectivity index (χ1n) is 10.7. The molecule has 0 radical (unpaired) electrons. The van der Waals surface area contributed by atoms with Gasteiger partial charge in [-0.15, -0.1) is 0 Å². The van der Waals surface area contributed by atoms with Gasteiger partial charge in [-0.1, -0.05) is 0 Å². The molecule has 1 aromatic carbocycles. The summed E-state index contributed by atoms with van der Waals surface area (Å²) in [5.41, 5.74) is 4.82. The molecule has 0 saturated heterocycles. The fraction of sp³-hybridized carbons (Fsp3) is 0.391. The van der Waals surface area contributed by atoms with Crippen molar-refractivity contribution in [2.45, 2.75) is 57.5 Å². The second-order valence-electron chi connectivity index (χ2n) is 8.91. The van der Waals surface area contributed by atoms with E-state index in [-0.39, 0.29) is 16.8 Å². The lowest BCUT2D eigenvalue weighted by Gasteiger charge is -2.44. The van der Waals surface area contributed by atoms with Gasteiger partial charge in [0.05, 0.1) is 5.56 Å². The molecular formula is C23H23F3N4O4. The fourth-order valence-electron chi connectivity index (χ4n) is 4.77. The van der Waals surface area contributed by atoms with E-state index in [9.17, 15) is 32.3 Å². The van der Waals surface area contributed by atoms with Gasteiger partial charge in [0.2, 0.25) is 5.91 Å². The Morgan fingerprint density at radius 2 is 1.79 bits per heavy atom. The van der Waals surface area contributed by atoms with E-state index in [1.807, 2.05) is 0 Å². The molecule has 1 saturated carbocycles. The summed E-state index contributed by atoms with van der Waals surface area (Å²) in [6, 6.07) is 4.09. The number of hydrogen-bond donors (Lipinski definition) is 3. The minimum absolute atomic E-state index is 0.00106. The molecule has 2 aliphatic rings. The summed E-state index contributed by atoms with van der Waals surface area (Å²) >= 11 is 0. The zero-order valence-electron chi connectivity index (χ0n) is 18.6. The molecule has 4 N–H and O–H groups in total. The molecule has 1 fully saturated rings. The Labute approximate surface area is 192 Å². The molecule has 2 heterocycles. The maximum atomic E-state index is 13.5. The zero-order chi connectivity index (χ0) is 25.0. The van der Waals surface area contributed by atoms with Crippen LogP contribution in [0.5, 0.6) is 0 Å². The molecule has 4 rings (SSSR count). The molecule has 8 nitrogen and oxygen atoms in total. The number of benzene rings is 1. The summed E-state index contributed by atoms with van der Waals surface area (Å²) in [7, 11) is 0. The second-order valence-corrected chi connectivity index (χ2v) is 8.91. The fourth-order valence-corrected chi connectivity index (χ4v) is 4.77. The summed E-state index contributed by atoms with van der Waals surface area (Å²) in [4.78, 5) is 50.6. The van der Waals surface area contributed by atoms with Gasteiger partial charge in [0.1, 0.15) is 17.1 Å². The number of fused-ring (bicyclic) bond motifs is 1. The first kappa shape index (κ1) is 23.5. The normalized spacial score (nSPS) is 17.4. The van der Waals surface area contributed by atoms with Crippen LogP contribution in [0.2, 0.25) is 0 Å². The number of nitrogens with two attached hydrogens (primary N) is 1. The molecule has 0 spiro atoms. The third kappa shape index (κ3) is 3.84. The van der Waals surface area contributed by atoms with Crippen molar-refractivity contribution in [2.24, 2.45) is 5.73 Å². The number of nitrogens with zero attached hydrogens (tertiary/aromatic N) is 1. The van der Waals surface area contributed by atoms with Gasteiger partial charge >= 0.3 is 0 Å². The highest BCUT2D eigenvalue weighted by Gasteiger charge is 2.61. The number of nitrogens with one attached hydrogen (secondary N) is 2. The van der Waals surface area contributed by atoms with E-state index < -0.39 is 53.6 Å². The van der Waals surface area contributed by atoms with E-state index in [1.165, 1.54) is 25.1 Å². The van der Waals surface area contributed by atoms with Crippen LogP contribution >= 0.6 is 0 Å². The zero-order valence-corrected chi connectivity index (χ0v) is 18.6. The standard InChI is InChI=1S/C23H23F3N4O4/c1-11-8-13(5-6-14(11)24)28-19(32)17-12(2)16(15-4-3-7-30(15)17)18(31)20(33)29-22(21(27)34)9-23(25,26)10-22/h5-6,8H,3-4,7,9-10H2,1-2H3,(H2,27,34)(H,28,32)(H,29,33). The lowest BCUT2D eigenvalue weighted by molar-refractivity contribution is -0.162. The molecule has 0 unspecified atom stereocenters. The number of anilines is 1. The summed E-state index contributed by atoms with van der Waals surface area (Å²) in [5, 5.41) is 4.78. The largest absolute Gasteiger partial charge is 0.368 e. The van der Waals surface area contributed by atoms with Crippen LogP contribution in [-0.4, -0.2) is 39.5 Å². The lowest BCUT2D eigenvalue weighted by atomic mass is 9.72. The van der Waals surface area contributed by atoms with Crippen LogP contribution in [0.1, 0.15) is 56.9 Å². The van der Waals surface area contributed by atoms with Crippen molar-refractivity contribution in [1.82, 2.24) is 9.88 Å². The molecule has 3 amide bonds. The lowest BCUT2D eigenvalue weighted by Crippen LogP contribution is -2.69. The van der Waals surface area contributed by atoms with Crippen LogP contribution in [0.15, 0.2) is 18.2 Å². The highest BCUT2D eigenvalue weighted by molar-refractivity contribution is 6.44. The van der Waals surface area contributed by atoms with Gasteiger partial charge in [-0.05, 0) is 56.0 Å². The van der Waals surface area contributed by atoms with E-state index in [0.29, 0.717) is 36.3 Å². The van der Waals surface area contributed by atoms with Crippen molar-refractivity contribution < 1.29 is 32.3 Å². The molecule has 0 bridgehead atoms. The quantitative estimate of drug-likeness (QED) is 0.438. The molecule has 34 heavy (non-hydrogen) atoms. The summed E-state index contributed by atoms with van der Waals surface area (Å²) < 4.78 is 42.0. The van der Waals surface area contributed by atoms with Gasteiger partial charge in [0.15, 0.2) is 0 Å². The van der Waals surface area contributed by atoms with Crippen LogP contribution in [0.4, 0.5) is 18.9 Å². The predicted octanol–water partition coefficient (Wildman–Crippen LogP) is 2.39. The second kappa shape index (κ2) is 8.00. The molecule has 1 aliphatic heterocycles. The molecule has 2 aromatic rings. The maximum Gasteiger partial charge on any atom is 0.293 e. The molecule has 180 valence electrons. The van der Waals surface area contributed by atoms with Crippen LogP contribution in [0, 0.1) is 19.7 Å². The van der Waals surface area contributed by atoms with Gasteiger partial charge in [0.25, 0.3) is 23.5 Å². The number of alkyl halides is 2. The minimum atomic E-state index is -3.16. The van der Waals surface area contributed by atoms with E-state index >= 15 is 0 Å². The number of carbonyl (C=O) groups is 4. The minimum Gasteiger partial charge on any atom is -0.368 e. The number of primary amides is 1. The first-order valence-corrected chi connectivity index (χ1v) is 10.7. The number of aryl methyl sites for hydroxylation is 1. The number of aromatic nitrogens is 1. The molecule has 11 heteroatoms. The average molecular weight is 476 g/mol. The van der Waals surface area contributed by atoms with E-state index in [0.717, 1.165) is 0 Å². The Balaban J connectivity index is 1.62. The van der Waals surface area contributed by atoms with Crippen LogP contribution < -0.4 is 16.4 Å². The number of halogens is 3. The Morgan fingerprint density at radius 3 is 2.38 bits per heavy atom. The molecule has 0 atom stereocenters. The maximum absolute atomic E-state index is 13.5. The van der Waals surface area contributed by atoms with Gasteiger partial charge in [-0.25, -0.2) is 13.2 Å². The molecule has 1 aliphatic carbocycles. The van der Waals surface area contributed by atoms with Gasteiger partial charge < -0.3 is 20.9 Å². The molecule has 1 aromatic heterocycles. The number of hydrogen-bond acceptors (Lipinski definition) is 4. The average Bonchev–Trinajstić information content (AvgIpc) is 3.27. The number of Topliss-reactive ketones (excluding diaryl/α,β-unsaturated/α-hetero) is 1. The number of carbonyl (C=O) groups excluding carboxylic acids is 4. The van der Waals surface area contributed by atoms with Crippen molar-refractivity contribution in [3.63, 3.8) is 0 Å². The Morgan fingerprint density at radius 1 is 1.12 bits per heavy atom. The third-order valence-corrected chi connectivity index (χ3v) is 6.42. The smallest absolute Gasteiger partial charge is 0.293 e. The predicted molar refractivity (Wildman–Crippen MR) is 115 cm³/mol. The summed E-state index contributed by atoms with van der Waals surface area (Å²) in [6.07, 6.45) is -0.903. The van der Waals surface area contributed by atoms with Gasteiger partial charge in [0, 0.05) is 30.8 Å². The monoisotopic (exact) mass is 476 g/mol. The van der Waals surface area contributed by atoms with Crippen LogP contribution in [0.25, 0.3) is 0 Å². The van der Waals surface area contributed by atoms with Crippen molar-refractivity contribution in [3.05, 3.63) is 52.1 Å². The van der Waals surface area contributed by atoms with Crippen molar-refractivity contribution >= 4 is 29.2 Å². The highest BCUT2D eigenvalue weighted by Crippen LogP contribution is 2.45. The topological polar surface area (TPSA) is 123 Å². The number of ketones is 1. The van der Waals surface area contributed by atoms with Crippen LogP contribution in [0.3, 0.4) is 0 Å². The third-order valence-electron chi connectivity index (χ3n) is 6.42. The Hall–Kier alpha value is -3.63. The van der Waals surface area contributed by atoms with Gasteiger partial charge in [-0.3, -0.25) is 19.2 Å². The summed E-state index contributed by atoms with van der Waals surface area (Å²) in [5.74, 6) is -7.54. The van der Waals surface area contributed by atoms with Gasteiger partial charge in [-0.2, -0.15) is 0 Å². The van der Waals surface area contributed by atoms with E-state index in [1.54, 1.807) is 11.5 Å². The van der Waals surface area contributed by atoms with Crippen molar-refractivity contribution in [3.8, 4) is 0 Å². The Bertz CT molecular complexity index is 1240. The first-order chi connectivity index (χ1) is 15.8. The number of amides is 3. The van der Waals surface area contributed by atoms with Crippen molar-refractivity contribution in [2.75, 3.05) is 5.32 Å². The van der Waals surface area contributed by atoms with E-state index in [4.69, 9.17) is 5.73 Å². The van der Waals surface area contributed by atoms with Crippen LogP contribution in [-0.2, 0) is 22.6 Å². The van der Waals surface area contributed by atoms with Crippen molar-refractivity contribution in [1.29, 1.82) is 0 Å². The highest BCUT2D eigenvalue weighted by atomic mass is 19.3. The number of rotatable bonds is 6. The molecular weight excluding hydrogens is 453 g/mol. The SMILES string of the molecule is Cc1cc(NC(=O)c2c(C)c(C(=O)C(=O)NC3(C(N)=O)CC(F)(F)C3)c3n2CCC3)ccc1F.